The lowest BCUT2D eigenvalue weighted by Crippen LogP contribution is -2.20. The molecule has 0 aromatic carbocycles. The first-order chi connectivity index (χ1) is 10.1. The highest BCUT2D eigenvalue weighted by molar-refractivity contribution is 6.37. The molecule has 1 heterocycles. The number of hydrogen-bond acceptors (Lipinski definition) is 3. The maximum Gasteiger partial charge on any atom is 0.147 e. The number of halogens is 2. The van der Waals surface area contributed by atoms with Gasteiger partial charge in [-0.2, -0.15) is 0 Å². The van der Waals surface area contributed by atoms with Crippen LogP contribution >= 0.6 is 23.2 Å². The Hall–Kier alpha value is -0.670. The third kappa shape index (κ3) is 4.93. The molecule has 1 fully saturated rings. The van der Waals surface area contributed by atoms with Crippen molar-refractivity contribution in [3.05, 3.63) is 16.1 Å². The first-order valence-electron chi connectivity index (χ1n) is 7.94. The monoisotopic (exact) mass is 329 g/mol. The van der Waals surface area contributed by atoms with E-state index >= 15 is 0 Å². The summed E-state index contributed by atoms with van der Waals surface area (Å²) in [6.45, 7) is 6.25. The van der Waals surface area contributed by atoms with Gasteiger partial charge in [-0.1, -0.05) is 49.9 Å². The van der Waals surface area contributed by atoms with Crippen LogP contribution in [-0.4, -0.2) is 18.1 Å². The summed E-state index contributed by atoms with van der Waals surface area (Å²) in [6.07, 6.45) is 6.28. The van der Waals surface area contributed by atoms with Crippen LogP contribution in [0, 0.1) is 11.8 Å². The van der Waals surface area contributed by atoms with E-state index in [4.69, 9.17) is 23.2 Å². The van der Waals surface area contributed by atoms with Gasteiger partial charge >= 0.3 is 0 Å². The van der Waals surface area contributed by atoms with Crippen LogP contribution in [0.25, 0.3) is 0 Å². The minimum absolute atomic E-state index is 0.575. The molecular formula is C16H25Cl2N3. The summed E-state index contributed by atoms with van der Waals surface area (Å²) in [5.41, 5.74) is 0. The molecule has 1 aliphatic rings. The van der Waals surface area contributed by atoms with E-state index in [-0.39, 0.29) is 0 Å². The van der Waals surface area contributed by atoms with Gasteiger partial charge in [0.25, 0.3) is 0 Å². The average Bonchev–Trinajstić information content (AvgIpc) is 2.47. The third-order valence-electron chi connectivity index (χ3n) is 4.17. The normalized spacial score (nSPS) is 22.1. The molecule has 0 atom stereocenters. The van der Waals surface area contributed by atoms with Crippen LogP contribution in [0.3, 0.4) is 0 Å². The Labute approximate surface area is 137 Å². The first kappa shape index (κ1) is 16.7. The number of aromatic nitrogens is 1. The van der Waals surface area contributed by atoms with Crippen LogP contribution in [0.5, 0.6) is 0 Å². The van der Waals surface area contributed by atoms with E-state index in [9.17, 15) is 0 Å². The van der Waals surface area contributed by atoms with Crippen LogP contribution in [0.2, 0.25) is 10.0 Å². The minimum Gasteiger partial charge on any atom is -0.369 e. The molecule has 0 amide bonds. The zero-order chi connectivity index (χ0) is 15.2. The number of hydrogen-bond donors (Lipinski definition) is 2. The molecule has 5 heteroatoms. The van der Waals surface area contributed by atoms with Crippen LogP contribution in [0.15, 0.2) is 6.07 Å². The molecule has 0 saturated heterocycles. The lowest BCUT2D eigenvalue weighted by molar-refractivity contribution is 0.300. The van der Waals surface area contributed by atoms with E-state index in [2.05, 4.69) is 29.5 Å². The Bertz CT molecular complexity index is 457. The van der Waals surface area contributed by atoms with Crippen LogP contribution < -0.4 is 10.6 Å². The summed E-state index contributed by atoms with van der Waals surface area (Å²) in [6, 6.07) is 1.76. The smallest absolute Gasteiger partial charge is 0.147 e. The maximum atomic E-state index is 6.24. The van der Waals surface area contributed by atoms with Crippen molar-refractivity contribution in [2.45, 2.75) is 46.0 Å². The summed E-state index contributed by atoms with van der Waals surface area (Å²) < 4.78 is 0. The van der Waals surface area contributed by atoms with Crippen molar-refractivity contribution in [3.8, 4) is 0 Å². The molecule has 0 spiro atoms. The number of nitrogens with one attached hydrogen (secondary N) is 2. The lowest BCUT2D eigenvalue weighted by atomic mass is 9.83. The molecule has 0 aliphatic heterocycles. The number of nitrogens with zero attached hydrogens (tertiary/aromatic N) is 1. The van der Waals surface area contributed by atoms with Crippen LogP contribution in [-0.2, 0) is 0 Å². The van der Waals surface area contributed by atoms with Gasteiger partial charge < -0.3 is 10.6 Å². The highest BCUT2D eigenvalue weighted by Gasteiger charge is 2.18. The molecule has 0 radical (unpaired) electrons. The number of anilines is 2. The average molecular weight is 330 g/mol. The zero-order valence-corrected chi connectivity index (χ0v) is 14.4. The predicted molar refractivity (Wildman–Crippen MR) is 92.6 cm³/mol. The molecule has 118 valence electrons. The minimum atomic E-state index is 0.575. The van der Waals surface area contributed by atoms with E-state index in [1.807, 2.05) is 0 Å². The molecule has 1 saturated carbocycles. The second-order valence-corrected chi connectivity index (χ2v) is 6.90. The fourth-order valence-corrected chi connectivity index (χ4v) is 3.22. The summed E-state index contributed by atoms with van der Waals surface area (Å²) >= 11 is 12.4. The van der Waals surface area contributed by atoms with E-state index in [1.165, 1.54) is 25.7 Å². The van der Waals surface area contributed by atoms with E-state index in [1.54, 1.807) is 6.07 Å². The van der Waals surface area contributed by atoms with Gasteiger partial charge in [0, 0.05) is 13.1 Å². The molecule has 21 heavy (non-hydrogen) atoms. The van der Waals surface area contributed by atoms with Gasteiger partial charge in [-0.15, -0.1) is 0 Å². The Balaban J connectivity index is 1.95. The molecule has 2 rings (SSSR count). The van der Waals surface area contributed by atoms with E-state index < -0.39 is 0 Å². The molecule has 1 aromatic heterocycles. The van der Waals surface area contributed by atoms with Crippen LogP contribution in [0.1, 0.15) is 46.0 Å². The van der Waals surface area contributed by atoms with Gasteiger partial charge in [0.2, 0.25) is 0 Å². The highest BCUT2D eigenvalue weighted by Crippen LogP contribution is 2.31. The van der Waals surface area contributed by atoms with Crippen molar-refractivity contribution in [2.75, 3.05) is 23.7 Å². The van der Waals surface area contributed by atoms with E-state index in [0.29, 0.717) is 15.9 Å². The number of pyridine rings is 1. The second kappa shape index (κ2) is 8.09. The summed E-state index contributed by atoms with van der Waals surface area (Å²) in [5, 5.41) is 7.80. The standard InChI is InChI=1S/C16H25Cl2N3/c1-3-8-19-15-13(17)9-14(18)16(21-15)20-10-12-6-4-11(2)5-7-12/h9,11-12H,3-8,10H2,1-2H3,(H2,19,20,21). The molecule has 3 nitrogen and oxygen atoms in total. The Morgan fingerprint density at radius 2 is 1.71 bits per heavy atom. The van der Waals surface area contributed by atoms with Crippen molar-refractivity contribution < 1.29 is 0 Å². The largest absolute Gasteiger partial charge is 0.369 e. The van der Waals surface area contributed by atoms with Gasteiger partial charge in [-0.05, 0) is 37.2 Å². The fraction of sp³-hybridized carbons (Fsp3) is 0.688. The zero-order valence-electron chi connectivity index (χ0n) is 12.9. The number of rotatable bonds is 6. The van der Waals surface area contributed by atoms with Crippen molar-refractivity contribution in [3.63, 3.8) is 0 Å². The molecule has 0 bridgehead atoms. The predicted octanol–water partition coefficient (Wildman–Crippen LogP) is 5.45. The van der Waals surface area contributed by atoms with Gasteiger partial charge in [-0.3, -0.25) is 0 Å². The maximum absolute atomic E-state index is 6.24. The van der Waals surface area contributed by atoms with Crippen molar-refractivity contribution in [2.24, 2.45) is 11.8 Å². The summed E-state index contributed by atoms with van der Waals surface area (Å²) in [5.74, 6) is 3.05. The molecule has 0 unspecified atom stereocenters. The topological polar surface area (TPSA) is 37.0 Å². The Morgan fingerprint density at radius 1 is 1.10 bits per heavy atom. The first-order valence-corrected chi connectivity index (χ1v) is 8.69. The van der Waals surface area contributed by atoms with Crippen molar-refractivity contribution in [1.29, 1.82) is 0 Å². The molecule has 2 N–H and O–H groups in total. The van der Waals surface area contributed by atoms with Crippen molar-refractivity contribution in [1.82, 2.24) is 4.98 Å². The van der Waals surface area contributed by atoms with E-state index in [0.717, 1.165) is 37.2 Å². The summed E-state index contributed by atoms with van der Waals surface area (Å²) in [4.78, 5) is 4.52. The third-order valence-corrected chi connectivity index (χ3v) is 4.74. The molecule has 1 aliphatic carbocycles. The van der Waals surface area contributed by atoms with Crippen molar-refractivity contribution >= 4 is 34.8 Å². The van der Waals surface area contributed by atoms with Crippen LogP contribution in [0.4, 0.5) is 11.6 Å². The Morgan fingerprint density at radius 3 is 2.33 bits per heavy atom. The van der Waals surface area contributed by atoms with Gasteiger partial charge in [0.15, 0.2) is 0 Å². The second-order valence-electron chi connectivity index (χ2n) is 6.08. The molecular weight excluding hydrogens is 305 g/mol. The molecule has 1 aromatic rings. The highest BCUT2D eigenvalue weighted by atomic mass is 35.5. The SMILES string of the molecule is CCCNc1nc(NCC2CCC(C)CC2)c(Cl)cc1Cl. The van der Waals surface area contributed by atoms with Gasteiger partial charge in [-0.25, -0.2) is 4.98 Å². The Kier molecular flexibility index (Phi) is 6.43. The quantitative estimate of drug-likeness (QED) is 0.728. The van der Waals surface area contributed by atoms with Gasteiger partial charge in [0.1, 0.15) is 11.6 Å². The lowest BCUT2D eigenvalue weighted by Gasteiger charge is -2.26. The summed E-state index contributed by atoms with van der Waals surface area (Å²) in [7, 11) is 0. The fourth-order valence-electron chi connectivity index (χ4n) is 2.73. The van der Waals surface area contributed by atoms with Gasteiger partial charge in [0.05, 0.1) is 10.0 Å².